The molecular formula is C17H13F4N3O2. The second-order valence-electron chi connectivity index (χ2n) is 5.22. The van der Waals surface area contributed by atoms with Crippen molar-refractivity contribution in [2.24, 2.45) is 0 Å². The number of carbonyl (C=O) groups is 1. The van der Waals surface area contributed by atoms with Crippen molar-refractivity contribution >= 4 is 17.3 Å². The Morgan fingerprint density at radius 3 is 2.46 bits per heavy atom. The number of anilines is 2. The highest BCUT2D eigenvalue weighted by atomic mass is 19.4. The molecule has 9 heteroatoms. The highest BCUT2D eigenvalue weighted by molar-refractivity contribution is 5.94. The molecule has 2 rings (SSSR count). The van der Waals surface area contributed by atoms with Gasteiger partial charge in [0.1, 0.15) is 23.2 Å². The predicted molar refractivity (Wildman–Crippen MR) is 86.1 cm³/mol. The standard InChI is InChI=1S/C17H13F4N3O2/c1-24(15-4-2-3-14(18)13(15)9-22)10-16(25)23-11-5-7-12(8-6-11)26-17(19,20)21/h2-8H,10H2,1H3,(H,23,25). The molecule has 1 N–H and O–H groups in total. The van der Waals surface area contributed by atoms with Crippen molar-refractivity contribution in [3.8, 4) is 11.8 Å². The third-order valence-corrected chi connectivity index (χ3v) is 3.27. The fourth-order valence-electron chi connectivity index (χ4n) is 2.18. The van der Waals surface area contributed by atoms with Gasteiger partial charge in [0, 0.05) is 12.7 Å². The number of hydrogen-bond acceptors (Lipinski definition) is 4. The molecular weight excluding hydrogens is 354 g/mol. The lowest BCUT2D eigenvalue weighted by molar-refractivity contribution is -0.274. The molecule has 0 atom stereocenters. The summed E-state index contributed by atoms with van der Waals surface area (Å²) in [6.45, 7) is -0.196. The SMILES string of the molecule is CN(CC(=O)Nc1ccc(OC(F)(F)F)cc1)c1cccc(F)c1C#N. The fourth-order valence-corrected chi connectivity index (χ4v) is 2.18. The van der Waals surface area contributed by atoms with E-state index in [1.54, 1.807) is 6.07 Å². The normalized spacial score (nSPS) is 10.8. The van der Waals surface area contributed by atoms with Crippen LogP contribution in [0.15, 0.2) is 42.5 Å². The first-order valence-corrected chi connectivity index (χ1v) is 7.25. The van der Waals surface area contributed by atoms with Crippen molar-refractivity contribution in [2.75, 3.05) is 23.8 Å². The minimum Gasteiger partial charge on any atom is -0.406 e. The first kappa shape index (κ1) is 19.1. The van der Waals surface area contributed by atoms with E-state index in [2.05, 4.69) is 10.1 Å². The Morgan fingerprint density at radius 2 is 1.88 bits per heavy atom. The van der Waals surface area contributed by atoms with Gasteiger partial charge in [0.15, 0.2) is 0 Å². The molecule has 0 aliphatic carbocycles. The van der Waals surface area contributed by atoms with Gasteiger partial charge < -0.3 is 15.0 Å². The van der Waals surface area contributed by atoms with Gasteiger partial charge in [0.2, 0.25) is 5.91 Å². The Kier molecular flexibility index (Phi) is 5.67. The molecule has 1 amide bonds. The van der Waals surface area contributed by atoms with Crippen LogP contribution in [0.2, 0.25) is 0 Å². The summed E-state index contributed by atoms with van der Waals surface area (Å²) in [6, 6.07) is 10.4. The average molecular weight is 367 g/mol. The molecule has 0 aliphatic rings. The lowest BCUT2D eigenvalue weighted by Gasteiger charge is -2.20. The van der Waals surface area contributed by atoms with E-state index in [0.29, 0.717) is 0 Å². The molecule has 2 aromatic carbocycles. The van der Waals surface area contributed by atoms with Gasteiger partial charge in [-0.05, 0) is 36.4 Å². The van der Waals surface area contributed by atoms with E-state index in [4.69, 9.17) is 5.26 Å². The first-order valence-electron chi connectivity index (χ1n) is 7.25. The Labute approximate surface area is 146 Å². The second-order valence-corrected chi connectivity index (χ2v) is 5.22. The van der Waals surface area contributed by atoms with Gasteiger partial charge in [-0.3, -0.25) is 4.79 Å². The van der Waals surface area contributed by atoms with Crippen LogP contribution in [0.1, 0.15) is 5.56 Å². The summed E-state index contributed by atoms with van der Waals surface area (Å²) in [4.78, 5) is 13.4. The van der Waals surface area contributed by atoms with E-state index in [0.717, 1.165) is 18.2 Å². The van der Waals surface area contributed by atoms with Crippen LogP contribution in [-0.4, -0.2) is 25.9 Å². The minimum absolute atomic E-state index is 0.184. The molecule has 26 heavy (non-hydrogen) atoms. The predicted octanol–water partition coefficient (Wildman–Crippen LogP) is 3.67. The summed E-state index contributed by atoms with van der Waals surface area (Å²) in [7, 11) is 1.51. The van der Waals surface area contributed by atoms with Crippen LogP contribution in [0.25, 0.3) is 0 Å². The van der Waals surface area contributed by atoms with E-state index in [-0.39, 0.29) is 23.5 Å². The zero-order chi connectivity index (χ0) is 19.3. The molecule has 0 aromatic heterocycles. The summed E-state index contributed by atoms with van der Waals surface area (Å²) >= 11 is 0. The molecule has 136 valence electrons. The molecule has 0 spiro atoms. The summed E-state index contributed by atoms with van der Waals surface area (Å²) in [5.41, 5.74) is 0.325. The minimum atomic E-state index is -4.79. The number of carbonyl (C=O) groups excluding carboxylic acids is 1. The highest BCUT2D eigenvalue weighted by Gasteiger charge is 2.30. The van der Waals surface area contributed by atoms with Gasteiger partial charge in [0.05, 0.1) is 12.2 Å². The number of nitrogens with one attached hydrogen (secondary N) is 1. The van der Waals surface area contributed by atoms with Crippen molar-refractivity contribution in [1.82, 2.24) is 0 Å². The van der Waals surface area contributed by atoms with Crippen LogP contribution in [0.3, 0.4) is 0 Å². The van der Waals surface area contributed by atoms with E-state index in [1.165, 1.54) is 36.2 Å². The Balaban J connectivity index is 2.01. The smallest absolute Gasteiger partial charge is 0.406 e. The Bertz CT molecular complexity index is 829. The lowest BCUT2D eigenvalue weighted by atomic mass is 10.1. The van der Waals surface area contributed by atoms with Crippen LogP contribution in [0.4, 0.5) is 28.9 Å². The molecule has 0 heterocycles. The van der Waals surface area contributed by atoms with E-state index < -0.39 is 23.8 Å². The van der Waals surface area contributed by atoms with Crippen LogP contribution < -0.4 is 15.0 Å². The van der Waals surface area contributed by atoms with Gasteiger partial charge in [-0.25, -0.2) is 4.39 Å². The summed E-state index contributed by atoms with van der Waals surface area (Å²) in [5.74, 6) is -1.60. The number of ether oxygens (including phenoxy) is 1. The maximum Gasteiger partial charge on any atom is 0.573 e. The number of nitrogens with zero attached hydrogens (tertiary/aromatic N) is 2. The van der Waals surface area contributed by atoms with Gasteiger partial charge in [-0.2, -0.15) is 5.26 Å². The number of benzene rings is 2. The first-order chi connectivity index (χ1) is 12.2. The highest BCUT2D eigenvalue weighted by Crippen LogP contribution is 2.24. The van der Waals surface area contributed by atoms with Gasteiger partial charge >= 0.3 is 6.36 Å². The van der Waals surface area contributed by atoms with Crippen molar-refractivity contribution in [1.29, 1.82) is 5.26 Å². The number of alkyl halides is 3. The summed E-state index contributed by atoms with van der Waals surface area (Å²) in [6.07, 6.45) is -4.79. The van der Waals surface area contributed by atoms with Gasteiger partial charge in [0.25, 0.3) is 0 Å². The summed E-state index contributed by atoms with van der Waals surface area (Å²) in [5, 5.41) is 11.5. The number of likely N-dealkylation sites (N-methyl/N-ethyl adjacent to an activating group) is 1. The number of amides is 1. The second kappa shape index (κ2) is 7.74. The molecule has 0 aliphatic heterocycles. The van der Waals surface area contributed by atoms with Crippen molar-refractivity contribution < 1.29 is 27.1 Å². The largest absolute Gasteiger partial charge is 0.573 e. The fraction of sp³-hybridized carbons (Fsp3) is 0.176. The zero-order valence-electron chi connectivity index (χ0n) is 13.5. The Hall–Kier alpha value is -3.28. The quantitative estimate of drug-likeness (QED) is 0.819. The van der Waals surface area contributed by atoms with E-state index in [1.807, 2.05) is 0 Å². The van der Waals surface area contributed by atoms with Crippen molar-refractivity contribution in [3.05, 3.63) is 53.8 Å². The number of hydrogen-bond donors (Lipinski definition) is 1. The maximum absolute atomic E-state index is 13.6. The molecule has 0 saturated heterocycles. The van der Waals surface area contributed by atoms with E-state index in [9.17, 15) is 22.4 Å². The molecule has 0 radical (unpaired) electrons. The number of nitriles is 1. The van der Waals surface area contributed by atoms with Crippen LogP contribution in [-0.2, 0) is 4.79 Å². The third-order valence-electron chi connectivity index (χ3n) is 3.27. The third kappa shape index (κ3) is 5.11. The van der Waals surface area contributed by atoms with Gasteiger partial charge in [-0.15, -0.1) is 13.2 Å². The molecule has 0 bridgehead atoms. The molecule has 0 unspecified atom stereocenters. The molecule has 0 fully saturated rings. The monoisotopic (exact) mass is 367 g/mol. The van der Waals surface area contributed by atoms with Crippen molar-refractivity contribution in [3.63, 3.8) is 0 Å². The number of rotatable bonds is 5. The van der Waals surface area contributed by atoms with Crippen LogP contribution >= 0.6 is 0 Å². The molecule has 0 saturated carbocycles. The summed E-state index contributed by atoms with van der Waals surface area (Å²) < 4.78 is 53.6. The average Bonchev–Trinajstić information content (AvgIpc) is 2.55. The number of halogens is 4. The van der Waals surface area contributed by atoms with Crippen LogP contribution in [0.5, 0.6) is 5.75 Å². The molecule has 2 aromatic rings. The molecule has 5 nitrogen and oxygen atoms in total. The van der Waals surface area contributed by atoms with Gasteiger partial charge in [-0.1, -0.05) is 6.07 Å². The lowest BCUT2D eigenvalue weighted by Crippen LogP contribution is -2.30. The Morgan fingerprint density at radius 1 is 1.23 bits per heavy atom. The van der Waals surface area contributed by atoms with Crippen molar-refractivity contribution in [2.45, 2.75) is 6.36 Å². The van der Waals surface area contributed by atoms with Crippen LogP contribution in [0, 0.1) is 17.1 Å². The topological polar surface area (TPSA) is 65.4 Å². The van der Waals surface area contributed by atoms with E-state index >= 15 is 0 Å². The zero-order valence-corrected chi connectivity index (χ0v) is 13.5. The maximum atomic E-state index is 13.6.